The fourth-order valence-electron chi connectivity index (χ4n) is 3.18. The number of imidazole rings is 1. The van der Waals surface area contributed by atoms with Crippen LogP contribution in [0.15, 0.2) is 54.7 Å². The van der Waals surface area contributed by atoms with Crippen molar-refractivity contribution in [3.8, 4) is 17.0 Å². The monoisotopic (exact) mass is 422 g/mol. The fraction of sp³-hybridized carbons (Fsp3) is 0.143. The van der Waals surface area contributed by atoms with Crippen LogP contribution in [0.25, 0.3) is 16.2 Å². The lowest BCUT2D eigenvalue weighted by atomic mass is 10.1. The lowest BCUT2D eigenvalue weighted by Gasteiger charge is -2.09. The molecule has 0 unspecified atom stereocenters. The number of methoxy groups -OCH3 is 1. The molecule has 2 heterocycles. The van der Waals surface area contributed by atoms with E-state index in [1.54, 1.807) is 25.4 Å². The Hall–Kier alpha value is -3.72. The molecule has 1 amide bonds. The van der Waals surface area contributed by atoms with Crippen molar-refractivity contribution in [3.63, 3.8) is 0 Å². The first-order chi connectivity index (χ1) is 14.5. The predicted molar refractivity (Wildman–Crippen MR) is 114 cm³/mol. The van der Waals surface area contributed by atoms with Gasteiger partial charge in [-0.2, -0.15) is 0 Å². The minimum atomic E-state index is -0.433. The Morgan fingerprint density at radius 3 is 2.80 bits per heavy atom. The van der Waals surface area contributed by atoms with Gasteiger partial charge in [-0.25, -0.2) is 4.98 Å². The van der Waals surface area contributed by atoms with Crippen LogP contribution in [-0.4, -0.2) is 27.3 Å². The molecule has 0 saturated carbocycles. The molecule has 4 rings (SSSR count). The summed E-state index contributed by atoms with van der Waals surface area (Å²) in [5.74, 6) is 0.530. The van der Waals surface area contributed by atoms with Gasteiger partial charge < -0.3 is 10.1 Å². The molecule has 2 aromatic carbocycles. The van der Waals surface area contributed by atoms with Crippen molar-refractivity contribution in [3.05, 3.63) is 81.0 Å². The van der Waals surface area contributed by atoms with E-state index < -0.39 is 4.92 Å². The average Bonchev–Trinajstić information content (AvgIpc) is 3.32. The molecule has 0 aliphatic heterocycles. The minimum absolute atomic E-state index is 0.0111. The van der Waals surface area contributed by atoms with Gasteiger partial charge in [-0.3, -0.25) is 19.3 Å². The highest BCUT2D eigenvalue weighted by atomic mass is 32.1. The van der Waals surface area contributed by atoms with Crippen molar-refractivity contribution >= 4 is 27.9 Å². The van der Waals surface area contributed by atoms with Gasteiger partial charge in [0, 0.05) is 41.7 Å². The standard InChI is InChI=1S/C21H18N4O4S/c1-13-19(20(26)22-11-15-6-3-4-9-18(15)29-2)30-21-23-17(12-24(13)21)14-7-5-8-16(10-14)25(27)28/h3-10,12H,11H2,1-2H3,(H,22,26). The number of aryl methyl sites for hydroxylation is 1. The van der Waals surface area contributed by atoms with Crippen molar-refractivity contribution in [2.24, 2.45) is 0 Å². The van der Waals surface area contributed by atoms with Crippen molar-refractivity contribution in [1.29, 1.82) is 0 Å². The van der Waals surface area contributed by atoms with Crippen LogP contribution < -0.4 is 10.1 Å². The summed E-state index contributed by atoms with van der Waals surface area (Å²) in [7, 11) is 1.60. The van der Waals surface area contributed by atoms with E-state index in [-0.39, 0.29) is 11.6 Å². The highest BCUT2D eigenvalue weighted by Crippen LogP contribution is 2.29. The summed E-state index contributed by atoms with van der Waals surface area (Å²) in [6, 6.07) is 13.9. The Kier molecular flexibility index (Phi) is 5.20. The van der Waals surface area contributed by atoms with Gasteiger partial charge in [0.25, 0.3) is 11.6 Å². The van der Waals surface area contributed by atoms with E-state index in [4.69, 9.17) is 4.74 Å². The number of nitro groups is 1. The molecule has 0 aliphatic carbocycles. The molecule has 0 fully saturated rings. The molecule has 4 aromatic rings. The summed E-state index contributed by atoms with van der Waals surface area (Å²) >= 11 is 1.28. The fourth-order valence-corrected chi connectivity index (χ4v) is 4.21. The number of hydrogen-bond acceptors (Lipinski definition) is 6. The number of carbonyl (C=O) groups is 1. The molecule has 8 nitrogen and oxygen atoms in total. The number of para-hydroxylation sites is 1. The second-order valence-corrected chi connectivity index (χ2v) is 7.57. The number of nitrogens with zero attached hydrogens (tertiary/aromatic N) is 3. The number of nitrogens with one attached hydrogen (secondary N) is 1. The van der Waals surface area contributed by atoms with Gasteiger partial charge in [-0.05, 0) is 13.0 Å². The molecule has 30 heavy (non-hydrogen) atoms. The summed E-state index contributed by atoms with van der Waals surface area (Å²) in [6.45, 7) is 2.20. The number of carbonyl (C=O) groups excluding carboxylic acids is 1. The zero-order valence-corrected chi connectivity index (χ0v) is 17.1. The quantitative estimate of drug-likeness (QED) is 0.371. The van der Waals surface area contributed by atoms with Crippen molar-refractivity contribution in [2.45, 2.75) is 13.5 Å². The van der Waals surface area contributed by atoms with Gasteiger partial charge in [-0.1, -0.05) is 41.7 Å². The topological polar surface area (TPSA) is 98.8 Å². The highest BCUT2D eigenvalue weighted by molar-refractivity contribution is 7.19. The summed E-state index contributed by atoms with van der Waals surface area (Å²) in [5.41, 5.74) is 2.93. The summed E-state index contributed by atoms with van der Waals surface area (Å²) in [6.07, 6.45) is 1.79. The average molecular weight is 422 g/mol. The molecule has 0 saturated heterocycles. The van der Waals surface area contributed by atoms with Gasteiger partial charge in [0.2, 0.25) is 0 Å². The second-order valence-electron chi connectivity index (χ2n) is 6.60. The molecule has 0 bridgehead atoms. The van der Waals surface area contributed by atoms with Crippen LogP contribution >= 0.6 is 11.3 Å². The molecule has 9 heteroatoms. The Balaban J connectivity index is 1.57. The maximum Gasteiger partial charge on any atom is 0.270 e. The Bertz CT molecular complexity index is 1260. The normalized spacial score (nSPS) is 10.9. The lowest BCUT2D eigenvalue weighted by molar-refractivity contribution is -0.384. The van der Waals surface area contributed by atoms with Crippen LogP contribution in [0.2, 0.25) is 0 Å². The number of fused-ring (bicyclic) bond motifs is 1. The van der Waals surface area contributed by atoms with Gasteiger partial charge in [0.1, 0.15) is 10.6 Å². The van der Waals surface area contributed by atoms with Gasteiger partial charge >= 0.3 is 0 Å². The van der Waals surface area contributed by atoms with Crippen LogP contribution in [0.4, 0.5) is 5.69 Å². The van der Waals surface area contributed by atoms with E-state index in [0.717, 1.165) is 17.0 Å². The first kappa shape index (κ1) is 19.6. The van der Waals surface area contributed by atoms with Gasteiger partial charge in [0.05, 0.1) is 17.7 Å². The van der Waals surface area contributed by atoms with Gasteiger partial charge in [0.15, 0.2) is 4.96 Å². The van der Waals surface area contributed by atoms with E-state index in [9.17, 15) is 14.9 Å². The maximum atomic E-state index is 12.7. The number of non-ortho nitro benzene ring substituents is 1. The lowest BCUT2D eigenvalue weighted by Crippen LogP contribution is -2.23. The number of ether oxygens (including phenoxy) is 1. The molecular formula is C21H18N4O4S. The molecule has 1 N–H and O–H groups in total. The number of aromatic nitrogens is 2. The molecular weight excluding hydrogens is 404 g/mol. The van der Waals surface area contributed by atoms with E-state index in [1.165, 1.54) is 23.5 Å². The van der Waals surface area contributed by atoms with Crippen LogP contribution in [0.3, 0.4) is 0 Å². The third-order valence-electron chi connectivity index (χ3n) is 4.75. The van der Waals surface area contributed by atoms with E-state index in [0.29, 0.717) is 27.6 Å². The molecule has 152 valence electrons. The number of rotatable bonds is 6. The number of hydrogen-bond donors (Lipinski definition) is 1. The minimum Gasteiger partial charge on any atom is -0.496 e. The summed E-state index contributed by atoms with van der Waals surface area (Å²) < 4.78 is 7.15. The second kappa shape index (κ2) is 7.96. The Morgan fingerprint density at radius 1 is 1.27 bits per heavy atom. The zero-order chi connectivity index (χ0) is 21.3. The predicted octanol–water partition coefficient (Wildman–Crippen LogP) is 4.22. The number of amides is 1. The number of benzene rings is 2. The van der Waals surface area contributed by atoms with E-state index in [2.05, 4.69) is 10.3 Å². The Morgan fingerprint density at radius 2 is 2.07 bits per heavy atom. The van der Waals surface area contributed by atoms with Crippen LogP contribution in [0, 0.1) is 17.0 Å². The first-order valence-corrected chi connectivity index (χ1v) is 9.93. The molecule has 0 radical (unpaired) electrons. The highest BCUT2D eigenvalue weighted by Gasteiger charge is 2.19. The van der Waals surface area contributed by atoms with Crippen molar-refractivity contribution < 1.29 is 14.5 Å². The van der Waals surface area contributed by atoms with Crippen molar-refractivity contribution in [2.75, 3.05) is 7.11 Å². The smallest absolute Gasteiger partial charge is 0.270 e. The molecule has 2 aromatic heterocycles. The molecule has 0 aliphatic rings. The largest absolute Gasteiger partial charge is 0.496 e. The summed E-state index contributed by atoms with van der Waals surface area (Å²) in [5, 5.41) is 13.9. The van der Waals surface area contributed by atoms with Crippen LogP contribution in [0.5, 0.6) is 5.75 Å². The zero-order valence-electron chi connectivity index (χ0n) is 16.3. The van der Waals surface area contributed by atoms with Crippen LogP contribution in [-0.2, 0) is 6.54 Å². The van der Waals surface area contributed by atoms with Crippen molar-refractivity contribution in [1.82, 2.24) is 14.7 Å². The third-order valence-corrected chi connectivity index (χ3v) is 5.90. The maximum absolute atomic E-state index is 12.7. The van der Waals surface area contributed by atoms with Gasteiger partial charge in [-0.15, -0.1) is 0 Å². The SMILES string of the molecule is COc1ccccc1CNC(=O)c1sc2nc(-c3cccc([N+](=O)[O-])c3)cn2c1C. The molecule has 0 spiro atoms. The number of nitro benzene ring substituents is 1. The van der Waals surface area contributed by atoms with E-state index >= 15 is 0 Å². The van der Waals surface area contributed by atoms with E-state index in [1.807, 2.05) is 35.6 Å². The molecule has 0 atom stereocenters. The number of thiazole rings is 1. The van der Waals surface area contributed by atoms with Crippen LogP contribution in [0.1, 0.15) is 20.9 Å². The Labute approximate surface area is 175 Å². The first-order valence-electron chi connectivity index (χ1n) is 9.11. The third kappa shape index (κ3) is 3.62. The summed E-state index contributed by atoms with van der Waals surface area (Å²) in [4.78, 5) is 29.1.